The molecule has 0 aromatic heterocycles. The molecule has 1 nitrogen and oxygen atoms in total. The van der Waals surface area contributed by atoms with E-state index >= 15 is 0 Å². The van der Waals surface area contributed by atoms with Crippen LogP contribution >= 0.6 is 11.6 Å². The van der Waals surface area contributed by atoms with Gasteiger partial charge in [0.05, 0.1) is 13.5 Å². The summed E-state index contributed by atoms with van der Waals surface area (Å²) in [5, 5.41) is 0.285. The number of methoxy groups -OCH3 is 1. The number of hydrogen-bond donors (Lipinski definition) is 0. The van der Waals surface area contributed by atoms with Gasteiger partial charge in [-0.3, -0.25) is 0 Å². The molecule has 0 bridgehead atoms. The Labute approximate surface area is 90.8 Å². The van der Waals surface area contributed by atoms with Gasteiger partial charge in [0.15, 0.2) is 0 Å². The first-order valence-electron chi connectivity index (χ1n) is 4.23. The lowest BCUT2D eigenvalue weighted by molar-refractivity contribution is -0.127. The van der Waals surface area contributed by atoms with Crippen molar-refractivity contribution in [2.45, 2.75) is 19.5 Å². The number of alkyl halides is 3. The molecule has 0 atom stereocenters. The largest absolute Gasteiger partial charge is 0.496 e. The Bertz CT molecular complexity index is 360. The lowest BCUT2D eigenvalue weighted by atomic mass is 10.1. The summed E-state index contributed by atoms with van der Waals surface area (Å²) in [6.07, 6.45) is -5.29. The molecule has 15 heavy (non-hydrogen) atoms. The molecule has 0 radical (unpaired) electrons. The fourth-order valence-corrected chi connectivity index (χ4v) is 1.73. The molecular formula is C10H10ClF3O. The smallest absolute Gasteiger partial charge is 0.393 e. The Balaban J connectivity index is 3.15. The van der Waals surface area contributed by atoms with Crippen molar-refractivity contribution in [3.05, 3.63) is 28.3 Å². The summed E-state index contributed by atoms with van der Waals surface area (Å²) in [5.74, 6) is 0.247. The molecule has 0 aliphatic carbocycles. The molecule has 0 aliphatic heterocycles. The molecule has 0 aliphatic rings. The normalized spacial score (nSPS) is 11.6. The third-order valence-electron chi connectivity index (χ3n) is 1.91. The van der Waals surface area contributed by atoms with Crippen molar-refractivity contribution in [2.24, 2.45) is 0 Å². The predicted octanol–water partition coefficient (Wildman–Crippen LogP) is 3.76. The van der Waals surface area contributed by atoms with Gasteiger partial charge in [0.2, 0.25) is 0 Å². The molecule has 0 unspecified atom stereocenters. The zero-order chi connectivity index (χ0) is 11.6. The van der Waals surface area contributed by atoms with Crippen LogP contribution in [0.25, 0.3) is 0 Å². The quantitative estimate of drug-likeness (QED) is 0.762. The van der Waals surface area contributed by atoms with Gasteiger partial charge in [-0.15, -0.1) is 0 Å². The molecule has 0 heterocycles. The van der Waals surface area contributed by atoms with Gasteiger partial charge in [0.1, 0.15) is 5.75 Å². The molecule has 0 saturated carbocycles. The van der Waals surface area contributed by atoms with Gasteiger partial charge in [0, 0.05) is 10.6 Å². The molecule has 0 amide bonds. The maximum Gasteiger partial charge on any atom is 0.393 e. The second-order valence-corrected chi connectivity index (χ2v) is 3.64. The Morgan fingerprint density at radius 1 is 1.33 bits per heavy atom. The lowest BCUT2D eigenvalue weighted by Crippen LogP contribution is -2.12. The summed E-state index contributed by atoms with van der Waals surface area (Å²) in [6, 6.07) is 2.85. The van der Waals surface area contributed by atoms with E-state index < -0.39 is 12.6 Å². The van der Waals surface area contributed by atoms with Gasteiger partial charge in [-0.05, 0) is 24.6 Å². The highest BCUT2D eigenvalue weighted by atomic mass is 35.5. The van der Waals surface area contributed by atoms with Crippen molar-refractivity contribution >= 4 is 11.6 Å². The first-order valence-corrected chi connectivity index (χ1v) is 4.61. The lowest BCUT2D eigenvalue weighted by Gasteiger charge is -2.13. The van der Waals surface area contributed by atoms with E-state index in [1.54, 1.807) is 13.0 Å². The first-order chi connectivity index (χ1) is 6.83. The zero-order valence-electron chi connectivity index (χ0n) is 8.28. The van der Waals surface area contributed by atoms with E-state index in [-0.39, 0.29) is 16.3 Å². The third kappa shape index (κ3) is 3.30. The molecule has 1 aromatic rings. The van der Waals surface area contributed by atoms with Crippen LogP contribution in [0.2, 0.25) is 5.02 Å². The maximum absolute atomic E-state index is 12.2. The van der Waals surface area contributed by atoms with E-state index in [1.807, 2.05) is 0 Å². The van der Waals surface area contributed by atoms with Crippen LogP contribution in [0.4, 0.5) is 13.2 Å². The van der Waals surface area contributed by atoms with E-state index in [0.717, 1.165) is 0 Å². The van der Waals surface area contributed by atoms with Crippen LogP contribution in [0.3, 0.4) is 0 Å². The summed E-state index contributed by atoms with van der Waals surface area (Å²) in [5.41, 5.74) is 0.666. The maximum atomic E-state index is 12.2. The first kappa shape index (κ1) is 12.2. The highest BCUT2D eigenvalue weighted by molar-refractivity contribution is 6.30. The van der Waals surface area contributed by atoms with Crippen LogP contribution in [0.1, 0.15) is 11.1 Å². The van der Waals surface area contributed by atoms with Gasteiger partial charge < -0.3 is 4.74 Å². The number of hydrogen-bond acceptors (Lipinski definition) is 1. The number of halogens is 4. The Hall–Kier alpha value is -0.900. The Morgan fingerprint density at radius 3 is 2.40 bits per heavy atom. The van der Waals surface area contributed by atoms with Gasteiger partial charge >= 0.3 is 6.18 Å². The average Bonchev–Trinajstić information content (AvgIpc) is 1.99. The van der Waals surface area contributed by atoms with Crippen LogP contribution in [0.15, 0.2) is 12.1 Å². The van der Waals surface area contributed by atoms with Crippen LogP contribution in [-0.4, -0.2) is 13.3 Å². The molecule has 0 fully saturated rings. The van der Waals surface area contributed by atoms with Crippen LogP contribution in [0.5, 0.6) is 5.75 Å². The standard InChI is InChI=1S/C10H10ClF3O/c1-6-3-8(11)4-7(9(6)15-2)5-10(12,13)14/h3-4H,5H2,1-2H3. The van der Waals surface area contributed by atoms with E-state index in [1.165, 1.54) is 13.2 Å². The van der Waals surface area contributed by atoms with Crippen molar-refractivity contribution in [2.75, 3.05) is 7.11 Å². The molecule has 1 aromatic carbocycles. The molecule has 84 valence electrons. The van der Waals surface area contributed by atoms with Crippen molar-refractivity contribution in [1.29, 1.82) is 0 Å². The van der Waals surface area contributed by atoms with Gasteiger partial charge in [0.25, 0.3) is 0 Å². The second kappa shape index (κ2) is 4.31. The van der Waals surface area contributed by atoms with Crippen LogP contribution in [-0.2, 0) is 6.42 Å². The van der Waals surface area contributed by atoms with E-state index in [9.17, 15) is 13.2 Å². The summed E-state index contributed by atoms with van der Waals surface area (Å²) in [7, 11) is 1.34. The van der Waals surface area contributed by atoms with Crippen molar-refractivity contribution in [3.8, 4) is 5.75 Å². The average molecular weight is 239 g/mol. The molecule has 0 spiro atoms. The Kier molecular flexibility index (Phi) is 3.50. The molecule has 5 heteroatoms. The molecule has 0 N–H and O–H groups in total. The van der Waals surface area contributed by atoms with Crippen molar-refractivity contribution in [1.82, 2.24) is 0 Å². The minimum absolute atomic E-state index is 0.0648. The molecular weight excluding hydrogens is 229 g/mol. The van der Waals surface area contributed by atoms with Gasteiger partial charge in [-0.2, -0.15) is 13.2 Å². The topological polar surface area (TPSA) is 9.23 Å². The van der Waals surface area contributed by atoms with Crippen molar-refractivity contribution < 1.29 is 17.9 Å². The van der Waals surface area contributed by atoms with E-state index in [0.29, 0.717) is 5.56 Å². The highest BCUT2D eigenvalue weighted by Gasteiger charge is 2.29. The third-order valence-corrected chi connectivity index (χ3v) is 2.13. The SMILES string of the molecule is COc1c(C)cc(Cl)cc1CC(F)(F)F. The van der Waals surface area contributed by atoms with Crippen LogP contribution < -0.4 is 4.74 Å². The predicted molar refractivity (Wildman–Crippen MR) is 52.5 cm³/mol. The summed E-state index contributed by atoms with van der Waals surface area (Å²) in [4.78, 5) is 0. The Morgan fingerprint density at radius 2 is 1.93 bits per heavy atom. The highest BCUT2D eigenvalue weighted by Crippen LogP contribution is 2.32. The number of rotatable bonds is 2. The zero-order valence-corrected chi connectivity index (χ0v) is 9.04. The van der Waals surface area contributed by atoms with Gasteiger partial charge in [-0.1, -0.05) is 11.6 Å². The van der Waals surface area contributed by atoms with Crippen molar-refractivity contribution in [3.63, 3.8) is 0 Å². The number of benzene rings is 1. The van der Waals surface area contributed by atoms with Crippen LogP contribution in [0, 0.1) is 6.92 Å². The van der Waals surface area contributed by atoms with E-state index in [2.05, 4.69) is 0 Å². The number of aryl methyl sites for hydroxylation is 1. The minimum Gasteiger partial charge on any atom is -0.496 e. The summed E-state index contributed by atoms with van der Waals surface area (Å²) >= 11 is 5.69. The molecule has 0 saturated heterocycles. The second-order valence-electron chi connectivity index (χ2n) is 3.21. The number of ether oxygens (including phenoxy) is 1. The van der Waals surface area contributed by atoms with E-state index in [4.69, 9.17) is 16.3 Å². The monoisotopic (exact) mass is 238 g/mol. The summed E-state index contributed by atoms with van der Waals surface area (Å²) < 4.78 is 41.6. The molecule has 1 rings (SSSR count). The van der Waals surface area contributed by atoms with Gasteiger partial charge in [-0.25, -0.2) is 0 Å². The summed E-state index contributed by atoms with van der Waals surface area (Å²) in [6.45, 7) is 1.66. The fraction of sp³-hybridized carbons (Fsp3) is 0.400. The fourth-order valence-electron chi connectivity index (χ4n) is 1.44. The minimum atomic E-state index is -4.26.